The number of aryl methyl sites for hydroxylation is 1. The van der Waals surface area contributed by atoms with E-state index in [-0.39, 0.29) is 10.8 Å². The molecule has 0 spiro atoms. The molecule has 0 bridgehead atoms. The molecule has 1 heterocycles. The summed E-state index contributed by atoms with van der Waals surface area (Å²) in [7, 11) is 1.94. The third kappa shape index (κ3) is 1.55. The standard InChI is InChI=1S/C10H14Cl2N2/c1-10(4-3-7(11)5-10)9-8(12)6-13-14(9)2/h6-7H,3-5H2,1-2H3. The highest BCUT2D eigenvalue weighted by Crippen LogP contribution is 2.44. The Hall–Kier alpha value is -0.210. The third-order valence-electron chi connectivity index (χ3n) is 3.15. The average molecular weight is 233 g/mol. The summed E-state index contributed by atoms with van der Waals surface area (Å²) in [5, 5.41) is 5.22. The Morgan fingerprint density at radius 3 is 2.79 bits per heavy atom. The van der Waals surface area contributed by atoms with Gasteiger partial charge in [-0.05, 0) is 19.3 Å². The van der Waals surface area contributed by atoms with Crippen LogP contribution in [0.3, 0.4) is 0 Å². The Bertz CT molecular complexity index is 328. The molecular formula is C10H14Cl2N2. The van der Waals surface area contributed by atoms with Gasteiger partial charge in [0, 0.05) is 17.8 Å². The van der Waals surface area contributed by atoms with Crippen LogP contribution in [0, 0.1) is 0 Å². The summed E-state index contributed by atoms with van der Waals surface area (Å²) in [6.45, 7) is 2.22. The molecule has 1 aliphatic rings. The zero-order valence-corrected chi connectivity index (χ0v) is 9.94. The zero-order valence-electron chi connectivity index (χ0n) is 8.43. The predicted molar refractivity (Wildman–Crippen MR) is 59.1 cm³/mol. The highest BCUT2D eigenvalue weighted by Gasteiger charge is 2.39. The summed E-state index contributed by atoms with van der Waals surface area (Å²) in [6, 6.07) is 0. The fourth-order valence-corrected chi connectivity index (χ4v) is 3.32. The molecule has 4 heteroatoms. The van der Waals surface area contributed by atoms with Crippen LogP contribution in [0.4, 0.5) is 0 Å². The van der Waals surface area contributed by atoms with Crippen LogP contribution in [0.15, 0.2) is 6.20 Å². The fraction of sp³-hybridized carbons (Fsp3) is 0.700. The molecule has 2 unspecified atom stereocenters. The lowest BCUT2D eigenvalue weighted by atomic mass is 9.85. The minimum absolute atomic E-state index is 0.106. The van der Waals surface area contributed by atoms with Gasteiger partial charge in [-0.15, -0.1) is 11.6 Å². The topological polar surface area (TPSA) is 17.8 Å². The van der Waals surface area contributed by atoms with Crippen LogP contribution in [-0.4, -0.2) is 15.2 Å². The number of halogens is 2. The number of rotatable bonds is 1. The van der Waals surface area contributed by atoms with Crippen molar-refractivity contribution in [3.63, 3.8) is 0 Å². The van der Waals surface area contributed by atoms with Gasteiger partial charge in [-0.1, -0.05) is 18.5 Å². The van der Waals surface area contributed by atoms with Crippen molar-refractivity contribution in [3.05, 3.63) is 16.9 Å². The molecule has 1 aromatic heterocycles. The smallest absolute Gasteiger partial charge is 0.0823 e. The highest BCUT2D eigenvalue weighted by molar-refractivity contribution is 6.31. The predicted octanol–water partition coefficient (Wildman–Crippen LogP) is 3.12. The Balaban J connectivity index is 2.39. The van der Waals surface area contributed by atoms with Gasteiger partial charge in [-0.3, -0.25) is 4.68 Å². The maximum atomic E-state index is 6.15. The van der Waals surface area contributed by atoms with E-state index in [4.69, 9.17) is 23.2 Å². The summed E-state index contributed by atoms with van der Waals surface area (Å²) in [4.78, 5) is 0. The van der Waals surface area contributed by atoms with Crippen LogP contribution >= 0.6 is 23.2 Å². The van der Waals surface area contributed by atoms with Crippen molar-refractivity contribution in [2.75, 3.05) is 0 Å². The first kappa shape index (κ1) is 10.3. The van der Waals surface area contributed by atoms with E-state index < -0.39 is 0 Å². The lowest BCUT2D eigenvalue weighted by Crippen LogP contribution is -2.22. The Morgan fingerprint density at radius 2 is 2.36 bits per heavy atom. The van der Waals surface area contributed by atoms with Crippen LogP contribution in [-0.2, 0) is 12.5 Å². The summed E-state index contributed by atoms with van der Waals surface area (Å²) < 4.78 is 1.87. The van der Waals surface area contributed by atoms with E-state index in [2.05, 4.69) is 12.0 Å². The zero-order chi connectivity index (χ0) is 10.3. The molecule has 1 fully saturated rings. The van der Waals surface area contributed by atoms with E-state index in [0.717, 1.165) is 30.0 Å². The van der Waals surface area contributed by atoms with Gasteiger partial charge in [0.1, 0.15) is 0 Å². The van der Waals surface area contributed by atoms with Crippen molar-refractivity contribution in [1.29, 1.82) is 0 Å². The Labute approximate surface area is 94.2 Å². The van der Waals surface area contributed by atoms with Crippen molar-refractivity contribution in [3.8, 4) is 0 Å². The lowest BCUT2D eigenvalue weighted by molar-refractivity contribution is 0.449. The van der Waals surface area contributed by atoms with Crippen molar-refractivity contribution in [2.45, 2.75) is 37.0 Å². The summed E-state index contributed by atoms with van der Waals surface area (Å²) >= 11 is 12.3. The van der Waals surface area contributed by atoms with Gasteiger partial charge >= 0.3 is 0 Å². The molecule has 0 amide bonds. The lowest BCUT2D eigenvalue weighted by Gasteiger charge is -2.24. The Morgan fingerprint density at radius 1 is 1.64 bits per heavy atom. The van der Waals surface area contributed by atoms with Crippen LogP contribution in [0.1, 0.15) is 31.9 Å². The molecule has 2 atom stereocenters. The van der Waals surface area contributed by atoms with Crippen molar-refractivity contribution >= 4 is 23.2 Å². The highest BCUT2D eigenvalue weighted by atomic mass is 35.5. The molecule has 1 aliphatic carbocycles. The largest absolute Gasteiger partial charge is 0.271 e. The van der Waals surface area contributed by atoms with E-state index in [0.29, 0.717) is 0 Å². The number of hydrogen-bond donors (Lipinski definition) is 0. The summed E-state index contributed by atoms with van der Waals surface area (Å²) in [6.07, 6.45) is 4.87. The quantitative estimate of drug-likeness (QED) is 0.681. The van der Waals surface area contributed by atoms with E-state index in [9.17, 15) is 0 Å². The molecule has 1 saturated carbocycles. The van der Waals surface area contributed by atoms with Crippen LogP contribution in [0.2, 0.25) is 5.02 Å². The first-order valence-corrected chi connectivity index (χ1v) is 5.66. The average Bonchev–Trinajstić information content (AvgIpc) is 2.58. The summed E-state index contributed by atoms with van der Waals surface area (Å²) in [5.41, 5.74) is 1.23. The van der Waals surface area contributed by atoms with Gasteiger partial charge in [0.05, 0.1) is 16.9 Å². The molecule has 0 saturated heterocycles. The van der Waals surface area contributed by atoms with Gasteiger partial charge < -0.3 is 0 Å². The fourth-order valence-electron chi connectivity index (χ4n) is 2.47. The van der Waals surface area contributed by atoms with E-state index >= 15 is 0 Å². The number of hydrogen-bond acceptors (Lipinski definition) is 1. The van der Waals surface area contributed by atoms with Crippen LogP contribution in [0.5, 0.6) is 0 Å². The van der Waals surface area contributed by atoms with Gasteiger partial charge in [-0.2, -0.15) is 5.10 Å². The molecular weight excluding hydrogens is 219 g/mol. The first-order valence-electron chi connectivity index (χ1n) is 4.85. The van der Waals surface area contributed by atoms with Crippen molar-refractivity contribution in [2.24, 2.45) is 7.05 Å². The minimum Gasteiger partial charge on any atom is -0.271 e. The molecule has 0 aliphatic heterocycles. The monoisotopic (exact) mass is 232 g/mol. The van der Waals surface area contributed by atoms with E-state index in [1.54, 1.807) is 6.20 Å². The molecule has 0 radical (unpaired) electrons. The molecule has 0 N–H and O–H groups in total. The van der Waals surface area contributed by atoms with E-state index in [1.807, 2.05) is 11.7 Å². The number of nitrogens with zero attached hydrogens (tertiary/aromatic N) is 2. The number of aromatic nitrogens is 2. The van der Waals surface area contributed by atoms with Crippen molar-refractivity contribution < 1.29 is 0 Å². The SMILES string of the molecule is Cn1ncc(Cl)c1C1(C)CCC(Cl)C1. The van der Waals surface area contributed by atoms with Gasteiger partial charge in [-0.25, -0.2) is 0 Å². The number of alkyl halides is 1. The van der Waals surface area contributed by atoms with Gasteiger partial charge in [0.25, 0.3) is 0 Å². The van der Waals surface area contributed by atoms with Gasteiger partial charge in [0.2, 0.25) is 0 Å². The maximum absolute atomic E-state index is 6.15. The molecule has 2 rings (SSSR count). The molecule has 1 aromatic rings. The second kappa shape index (κ2) is 3.42. The Kier molecular flexibility index (Phi) is 2.52. The first-order chi connectivity index (χ1) is 6.53. The molecule has 14 heavy (non-hydrogen) atoms. The van der Waals surface area contributed by atoms with Gasteiger partial charge in [0.15, 0.2) is 0 Å². The summed E-state index contributed by atoms with van der Waals surface area (Å²) in [5.74, 6) is 0. The second-order valence-corrected chi connectivity index (χ2v) is 5.39. The van der Waals surface area contributed by atoms with Crippen LogP contribution in [0.25, 0.3) is 0 Å². The van der Waals surface area contributed by atoms with Crippen molar-refractivity contribution in [1.82, 2.24) is 9.78 Å². The second-order valence-electron chi connectivity index (χ2n) is 4.37. The molecule has 78 valence electrons. The normalized spacial score (nSPS) is 32.4. The van der Waals surface area contributed by atoms with Crippen LogP contribution < -0.4 is 0 Å². The maximum Gasteiger partial charge on any atom is 0.0823 e. The minimum atomic E-state index is 0.106. The molecule has 2 nitrogen and oxygen atoms in total. The third-order valence-corrected chi connectivity index (χ3v) is 3.80. The molecule has 0 aromatic carbocycles. The van der Waals surface area contributed by atoms with E-state index in [1.165, 1.54) is 0 Å².